The predicted octanol–water partition coefficient (Wildman–Crippen LogP) is 10.1. The summed E-state index contributed by atoms with van der Waals surface area (Å²) in [6.07, 6.45) is 29.3. The van der Waals surface area contributed by atoms with Crippen LogP contribution in [0.5, 0.6) is 0 Å². The van der Waals surface area contributed by atoms with Crippen LogP contribution in [0.2, 0.25) is 0 Å². The van der Waals surface area contributed by atoms with E-state index in [0.717, 1.165) is 25.7 Å². The second kappa shape index (κ2) is 24.6. The number of unbranched alkanes of at least 4 members (excludes halogenated alkanes) is 20. The highest BCUT2D eigenvalue weighted by Crippen LogP contribution is 2.27. The molecule has 0 rings (SSSR count). The maximum Gasteiger partial charge on any atom is 0.147 e. The van der Waals surface area contributed by atoms with E-state index in [1.807, 2.05) is 25.9 Å². The Hall–Kier alpha value is -0.700. The van der Waals surface area contributed by atoms with Crippen molar-refractivity contribution in [1.29, 1.82) is 0 Å². The molecule has 214 valence electrons. The normalized spacial score (nSPS) is 11.9. The van der Waals surface area contributed by atoms with Gasteiger partial charge in [0.15, 0.2) is 0 Å². The van der Waals surface area contributed by atoms with E-state index >= 15 is 0 Å². The summed E-state index contributed by atoms with van der Waals surface area (Å²) in [5, 5.41) is 0. The fraction of sp³-hybridized carbons (Fsp3) is 0.939. The number of hydrogen-bond acceptors (Lipinski definition) is 3. The molecule has 0 saturated heterocycles. The van der Waals surface area contributed by atoms with E-state index in [1.165, 1.54) is 116 Å². The number of Topliss-reactive ketones (excluding diaryl/α,β-unsaturated/α-hetero) is 2. The van der Waals surface area contributed by atoms with Crippen molar-refractivity contribution < 1.29 is 9.59 Å². The highest BCUT2D eigenvalue weighted by molar-refractivity contribution is 6.06. The zero-order chi connectivity index (χ0) is 26.9. The first kappa shape index (κ1) is 35.3. The number of carbonyl (C=O) groups is 2. The largest absolute Gasteiger partial charge is 0.308 e. The average molecular weight is 508 g/mol. The molecule has 3 nitrogen and oxygen atoms in total. The van der Waals surface area contributed by atoms with E-state index in [2.05, 4.69) is 13.8 Å². The second-order valence-corrected chi connectivity index (χ2v) is 12.0. The fourth-order valence-electron chi connectivity index (χ4n) is 5.42. The molecule has 0 unspecified atom stereocenters. The van der Waals surface area contributed by atoms with Gasteiger partial charge in [-0.05, 0) is 33.9 Å². The molecular weight excluding hydrogens is 442 g/mol. The van der Waals surface area contributed by atoms with Gasteiger partial charge in [-0.15, -0.1) is 0 Å². The summed E-state index contributed by atoms with van der Waals surface area (Å²) in [6.45, 7) is 6.99. The predicted molar refractivity (Wildman–Crippen MR) is 159 cm³/mol. The third kappa shape index (κ3) is 19.4. The molecular formula is C33H65NO2. The molecule has 0 fully saturated rings. The van der Waals surface area contributed by atoms with Crippen molar-refractivity contribution in [2.75, 3.05) is 20.6 Å². The van der Waals surface area contributed by atoms with Gasteiger partial charge in [0.05, 0.1) is 5.41 Å². The van der Waals surface area contributed by atoms with Gasteiger partial charge in [-0.1, -0.05) is 142 Å². The van der Waals surface area contributed by atoms with Crippen molar-refractivity contribution in [3.63, 3.8) is 0 Å². The number of ketones is 2. The van der Waals surface area contributed by atoms with Crippen LogP contribution in [-0.2, 0) is 9.59 Å². The van der Waals surface area contributed by atoms with Gasteiger partial charge in [0.2, 0.25) is 0 Å². The molecule has 0 N–H and O–H groups in total. The molecule has 0 atom stereocenters. The molecule has 0 aliphatic carbocycles. The minimum atomic E-state index is -0.833. The Balaban J connectivity index is 4.07. The van der Waals surface area contributed by atoms with Crippen molar-refractivity contribution in [3.05, 3.63) is 0 Å². The minimum Gasteiger partial charge on any atom is -0.308 e. The van der Waals surface area contributed by atoms with Crippen molar-refractivity contribution >= 4 is 11.6 Å². The smallest absolute Gasteiger partial charge is 0.147 e. The Morgan fingerprint density at radius 2 is 0.722 bits per heavy atom. The Bertz CT molecular complexity index is 476. The quantitative estimate of drug-likeness (QED) is 0.0780. The van der Waals surface area contributed by atoms with E-state index < -0.39 is 5.41 Å². The summed E-state index contributed by atoms with van der Waals surface area (Å²) in [7, 11) is 3.95. The fourth-order valence-corrected chi connectivity index (χ4v) is 5.42. The van der Waals surface area contributed by atoms with Crippen LogP contribution in [-0.4, -0.2) is 37.1 Å². The van der Waals surface area contributed by atoms with E-state index in [1.54, 1.807) is 0 Å². The molecule has 0 saturated carbocycles. The summed E-state index contributed by atoms with van der Waals surface area (Å²) in [5.41, 5.74) is -0.833. The van der Waals surface area contributed by atoms with Crippen LogP contribution in [0.15, 0.2) is 0 Å². The molecule has 0 amide bonds. The highest BCUT2D eigenvalue weighted by atomic mass is 16.2. The van der Waals surface area contributed by atoms with E-state index in [0.29, 0.717) is 19.4 Å². The molecule has 3 heteroatoms. The SMILES string of the molecule is CCCCCCCCCCCCCC(=O)C(C)(CN(C)C)C(=O)CCCCCCCCCCCCC. The maximum atomic E-state index is 13.2. The van der Waals surface area contributed by atoms with E-state index in [-0.39, 0.29) is 11.6 Å². The molecule has 0 aromatic carbocycles. The molecule has 0 aliphatic heterocycles. The van der Waals surface area contributed by atoms with Crippen molar-refractivity contribution in [1.82, 2.24) is 4.90 Å². The zero-order valence-corrected chi connectivity index (χ0v) is 25.4. The van der Waals surface area contributed by atoms with Crippen LogP contribution in [0.3, 0.4) is 0 Å². The van der Waals surface area contributed by atoms with Gasteiger partial charge in [-0.2, -0.15) is 0 Å². The maximum absolute atomic E-state index is 13.2. The first-order chi connectivity index (χ1) is 17.4. The molecule has 0 bridgehead atoms. The lowest BCUT2D eigenvalue weighted by Gasteiger charge is -2.30. The van der Waals surface area contributed by atoms with E-state index in [4.69, 9.17) is 0 Å². The van der Waals surface area contributed by atoms with Gasteiger partial charge < -0.3 is 4.90 Å². The molecule has 0 spiro atoms. The Kier molecular flexibility index (Phi) is 24.1. The van der Waals surface area contributed by atoms with Gasteiger partial charge in [0.25, 0.3) is 0 Å². The van der Waals surface area contributed by atoms with Gasteiger partial charge >= 0.3 is 0 Å². The van der Waals surface area contributed by atoms with Crippen LogP contribution in [0, 0.1) is 5.41 Å². The van der Waals surface area contributed by atoms with Gasteiger partial charge in [0.1, 0.15) is 11.6 Å². The minimum absolute atomic E-state index is 0.167. The number of carbonyl (C=O) groups excluding carboxylic acids is 2. The first-order valence-corrected chi connectivity index (χ1v) is 16.1. The number of hydrogen-bond donors (Lipinski definition) is 0. The second-order valence-electron chi connectivity index (χ2n) is 12.0. The lowest BCUT2D eigenvalue weighted by atomic mass is 9.77. The molecule has 0 radical (unpaired) electrons. The molecule has 0 aromatic heterocycles. The van der Waals surface area contributed by atoms with Gasteiger partial charge in [-0.25, -0.2) is 0 Å². The summed E-state index contributed by atoms with van der Waals surface area (Å²) in [4.78, 5) is 28.3. The van der Waals surface area contributed by atoms with Crippen molar-refractivity contribution in [2.45, 2.75) is 175 Å². The van der Waals surface area contributed by atoms with Crippen molar-refractivity contribution in [3.8, 4) is 0 Å². The number of rotatable bonds is 28. The van der Waals surface area contributed by atoms with Crippen LogP contribution in [0.25, 0.3) is 0 Å². The van der Waals surface area contributed by atoms with Crippen LogP contribution in [0.4, 0.5) is 0 Å². The summed E-state index contributed by atoms with van der Waals surface area (Å²) < 4.78 is 0. The Morgan fingerprint density at radius 1 is 0.472 bits per heavy atom. The summed E-state index contributed by atoms with van der Waals surface area (Å²) >= 11 is 0. The molecule has 36 heavy (non-hydrogen) atoms. The highest BCUT2D eigenvalue weighted by Gasteiger charge is 2.39. The van der Waals surface area contributed by atoms with Crippen LogP contribution < -0.4 is 0 Å². The summed E-state index contributed by atoms with van der Waals surface area (Å²) in [6, 6.07) is 0. The first-order valence-electron chi connectivity index (χ1n) is 16.1. The third-order valence-electron chi connectivity index (χ3n) is 7.88. The lowest BCUT2D eigenvalue weighted by Crippen LogP contribution is -2.44. The topological polar surface area (TPSA) is 37.4 Å². The van der Waals surface area contributed by atoms with Gasteiger partial charge in [-0.3, -0.25) is 9.59 Å². The van der Waals surface area contributed by atoms with Crippen molar-refractivity contribution in [2.24, 2.45) is 5.41 Å². The lowest BCUT2D eigenvalue weighted by molar-refractivity contribution is -0.141. The van der Waals surface area contributed by atoms with Crippen LogP contribution >= 0.6 is 0 Å². The molecule has 0 aromatic rings. The Labute approximate surface area is 227 Å². The average Bonchev–Trinajstić information content (AvgIpc) is 2.85. The number of nitrogens with zero attached hydrogens (tertiary/aromatic N) is 1. The monoisotopic (exact) mass is 508 g/mol. The van der Waals surface area contributed by atoms with E-state index in [9.17, 15) is 9.59 Å². The third-order valence-corrected chi connectivity index (χ3v) is 7.88. The molecule has 0 heterocycles. The van der Waals surface area contributed by atoms with Gasteiger partial charge in [0, 0.05) is 19.4 Å². The van der Waals surface area contributed by atoms with Crippen LogP contribution in [0.1, 0.15) is 175 Å². The summed E-state index contributed by atoms with van der Waals surface area (Å²) in [5.74, 6) is 0.334. The zero-order valence-electron chi connectivity index (χ0n) is 25.4. The molecule has 0 aliphatic rings. The standard InChI is InChI=1S/C33H65NO2/c1-6-8-10-12-14-16-18-20-22-24-26-28-31(35)33(3,30-34(4)5)32(36)29-27-25-23-21-19-17-15-13-11-9-7-2/h6-30H2,1-5H3. The Morgan fingerprint density at radius 3 is 0.972 bits per heavy atom.